The molecule has 9 aromatic rings. The van der Waals surface area contributed by atoms with Crippen molar-refractivity contribution < 1.29 is 26.2 Å². The second kappa shape index (κ2) is 13.6. The summed E-state index contributed by atoms with van der Waals surface area (Å²) in [4.78, 5) is 12.6. The van der Waals surface area contributed by atoms with E-state index in [1.54, 1.807) is 6.07 Å². The van der Waals surface area contributed by atoms with Crippen LogP contribution in [0.15, 0.2) is 193 Å². The minimum absolute atomic E-state index is 0. The van der Waals surface area contributed by atoms with Crippen molar-refractivity contribution in [1.29, 1.82) is 0 Å². The number of nitrogens with zero attached hydrogens (tertiary/aromatic N) is 4. The molecule has 7 aromatic carbocycles. The van der Waals surface area contributed by atoms with Crippen molar-refractivity contribution in [3.63, 3.8) is 0 Å². The molecule has 2 aliphatic rings. The number of aromatic nitrogens is 2. The number of para-hydroxylation sites is 4. The van der Waals surface area contributed by atoms with Gasteiger partial charge in [-0.15, -0.1) is 29.3 Å². The molecule has 5 nitrogen and oxygen atoms in total. The summed E-state index contributed by atoms with van der Waals surface area (Å²) in [6.07, 6.45) is 8.42. The Morgan fingerprint density at radius 3 is 2.12 bits per heavy atom. The molecule has 3 heterocycles. The van der Waals surface area contributed by atoms with E-state index in [2.05, 4.69) is 161 Å². The van der Waals surface area contributed by atoms with Gasteiger partial charge in [-0.2, -0.15) is 0 Å². The predicted octanol–water partition coefficient (Wildman–Crippen LogP) is 11.5. The van der Waals surface area contributed by atoms with Crippen molar-refractivity contribution in [2.24, 2.45) is 4.99 Å². The van der Waals surface area contributed by atoms with Gasteiger partial charge in [-0.1, -0.05) is 121 Å². The molecule has 11 rings (SSSR count). The van der Waals surface area contributed by atoms with Gasteiger partial charge in [-0.25, -0.2) is 0 Å². The molecule has 0 saturated carbocycles. The summed E-state index contributed by atoms with van der Waals surface area (Å²) in [5.74, 6) is 0.762. The number of benzene rings is 7. The van der Waals surface area contributed by atoms with E-state index >= 15 is 0 Å². The number of hydrogen-bond donors (Lipinski definition) is 1. The summed E-state index contributed by atoms with van der Waals surface area (Å²) in [6, 6.07) is 58.3. The zero-order chi connectivity index (χ0) is 36.5. The third-order valence-corrected chi connectivity index (χ3v) is 11.1. The fourth-order valence-electron chi connectivity index (χ4n) is 8.59. The average molecular weight is 901 g/mol. The SMILES string of the molecule is Oc1ccccc1C1=NC2C(=CC=CC2c2[c-]c(-c3cccc4cccnc34)cc(-n3c4ccccc4c4ccccc43)c2)N1c1ccc2ccccc2c1.[Pt]. The van der Waals surface area contributed by atoms with Crippen LogP contribution < -0.4 is 4.90 Å². The average Bonchev–Trinajstić information content (AvgIpc) is 3.80. The fourth-order valence-corrected chi connectivity index (χ4v) is 8.59. The van der Waals surface area contributed by atoms with Crippen LogP contribution in [0, 0.1) is 6.07 Å². The van der Waals surface area contributed by atoms with Crippen LogP contribution in [0.4, 0.5) is 5.69 Å². The van der Waals surface area contributed by atoms with Crippen molar-refractivity contribution in [2.75, 3.05) is 4.90 Å². The van der Waals surface area contributed by atoms with Crippen LogP contribution in [-0.2, 0) is 21.1 Å². The van der Waals surface area contributed by atoms with Gasteiger partial charge in [-0.3, -0.25) is 14.9 Å². The maximum atomic E-state index is 11.2. The van der Waals surface area contributed by atoms with Gasteiger partial charge >= 0.3 is 0 Å². The van der Waals surface area contributed by atoms with Crippen LogP contribution in [0.5, 0.6) is 5.75 Å². The van der Waals surface area contributed by atoms with Gasteiger partial charge in [0.2, 0.25) is 0 Å². The summed E-state index contributed by atoms with van der Waals surface area (Å²) >= 11 is 0. The number of allylic oxidation sites excluding steroid dienone is 2. The van der Waals surface area contributed by atoms with Crippen LogP contribution in [0.2, 0.25) is 0 Å². The molecule has 1 aliphatic carbocycles. The number of phenols is 1. The number of phenolic OH excluding ortho intramolecular Hbond substituents is 1. The van der Waals surface area contributed by atoms with Gasteiger partial charge in [0, 0.05) is 55.2 Å². The maximum absolute atomic E-state index is 11.2. The normalized spacial score (nSPS) is 16.2. The Morgan fingerprint density at radius 1 is 0.607 bits per heavy atom. The Bertz CT molecular complexity index is 3050. The number of pyridine rings is 1. The van der Waals surface area contributed by atoms with Crippen LogP contribution in [0.1, 0.15) is 17.0 Å². The summed E-state index contributed by atoms with van der Waals surface area (Å²) in [6.45, 7) is 0. The van der Waals surface area contributed by atoms with Crippen molar-refractivity contribution in [3.05, 3.63) is 205 Å². The number of anilines is 1. The minimum atomic E-state index is -0.269. The zero-order valence-corrected chi connectivity index (χ0v) is 32.3. The number of rotatable bonds is 5. The summed E-state index contributed by atoms with van der Waals surface area (Å²) in [5, 5.41) is 17.0. The Kier molecular flexibility index (Phi) is 8.27. The molecule has 2 aromatic heterocycles. The smallest absolute Gasteiger partial charge is 0.144 e. The topological polar surface area (TPSA) is 53.7 Å². The van der Waals surface area contributed by atoms with Gasteiger partial charge in [0.25, 0.3) is 0 Å². The molecule has 1 N–H and O–H groups in total. The zero-order valence-electron chi connectivity index (χ0n) is 30.0. The Morgan fingerprint density at radius 2 is 1.30 bits per heavy atom. The van der Waals surface area contributed by atoms with Gasteiger partial charge < -0.3 is 9.67 Å². The molecule has 0 fully saturated rings. The molecule has 0 spiro atoms. The molecular formula is C50H33N4OPt-. The third kappa shape index (κ3) is 5.42. The molecule has 0 bridgehead atoms. The second-order valence-corrected chi connectivity index (χ2v) is 14.2. The van der Waals surface area contributed by atoms with Crippen LogP contribution >= 0.6 is 0 Å². The first-order chi connectivity index (χ1) is 27.2. The van der Waals surface area contributed by atoms with Gasteiger partial charge in [0.1, 0.15) is 17.6 Å². The predicted molar refractivity (Wildman–Crippen MR) is 225 cm³/mol. The first kappa shape index (κ1) is 34.0. The van der Waals surface area contributed by atoms with Crippen molar-refractivity contribution >= 4 is 55.0 Å². The Balaban J connectivity index is 0.00000384. The Hall–Kier alpha value is -6.55. The molecule has 0 radical (unpaired) electrons. The van der Waals surface area contributed by atoms with Gasteiger partial charge in [-0.05, 0) is 70.4 Å². The van der Waals surface area contributed by atoms with E-state index in [0.717, 1.165) is 66.9 Å². The summed E-state index contributed by atoms with van der Waals surface area (Å²) in [7, 11) is 0. The third-order valence-electron chi connectivity index (χ3n) is 11.1. The van der Waals surface area contributed by atoms with E-state index in [9.17, 15) is 5.11 Å². The van der Waals surface area contributed by atoms with Crippen molar-refractivity contribution in [2.45, 2.75) is 12.0 Å². The van der Waals surface area contributed by atoms with E-state index < -0.39 is 0 Å². The summed E-state index contributed by atoms with van der Waals surface area (Å²) in [5.41, 5.74) is 10.0. The van der Waals surface area contributed by atoms with E-state index in [1.165, 1.54) is 16.2 Å². The Labute approximate surface area is 338 Å². The van der Waals surface area contributed by atoms with E-state index in [0.29, 0.717) is 5.56 Å². The second-order valence-electron chi connectivity index (χ2n) is 14.2. The van der Waals surface area contributed by atoms with E-state index in [4.69, 9.17) is 9.98 Å². The largest absolute Gasteiger partial charge is 0.507 e. The number of aliphatic imine (C=N–C) groups is 1. The molecular weight excluding hydrogens is 868 g/mol. The molecule has 2 unspecified atom stereocenters. The number of fused-ring (bicyclic) bond motifs is 6. The van der Waals surface area contributed by atoms with Crippen LogP contribution in [-0.4, -0.2) is 26.5 Å². The summed E-state index contributed by atoms with van der Waals surface area (Å²) < 4.78 is 2.38. The van der Waals surface area contributed by atoms with Crippen molar-refractivity contribution in [3.8, 4) is 22.6 Å². The van der Waals surface area contributed by atoms with Crippen molar-refractivity contribution in [1.82, 2.24) is 9.55 Å². The fraction of sp³-hybridized carbons (Fsp3) is 0.0400. The number of hydrogen-bond acceptors (Lipinski definition) is 4. The van der Waals surface area contributed by atoms with Crippen LogP contribution in [0.25, 0.3) is 60.3 Å². The van der Waals surface area contributed by atoms with Gasteiger partial charge in [0.05, 0.1) is 22.3 Å². The minimum Gasteiger partial charge on any atom is -0.507 e. The van der Waals surface area contributed by atoms with Gasteiger partial charge in [0.15, 0.2) is 0 Å². The monoisotopic (exact) mass is 900 g/mol. The molecule has 2 atom stereocenters. The molecule has 56 heavy (non-hydrogen) atoms. The van der Waals surface area contributed by atoms with E-state index in [1.807, 2.05) is 30.5 Å². The maximum Gasteiger partial charge on any atom is 0.144 e. The first-order valence-corrected chi connectivity index (χ1v) is 18.6. The standard InChI is InChI=1S/C50H33N4O.Pt/c55-47-24-8-5-18-43(47)50-52-49-40(20-10-23-46(49)54(50)37-26-25-32-12-1-2-13-34(32)29-37)36-28-35(39-19-9-14-33-15-11-27-51-48(33)39)30-38(31-36)53-44-21-6-3-16-41(44)42-17-4-7-22-45(42)53;/h1-27,29-31,40,49,55H;/q-1;. The molecule has 0 saturated heterocycles. The number of aromatic hydroxyl groups is 1. The molecule has 1 aliphatic heterocycles. The quantitative estimate of drug-likeness (QED) is 0.175. The molecule has 270 valence electrons. The number of amidine groups is 1. The molecule has 6 heteroatoms. The molecule has 0 amide bonds. The van der Waals surface area contributed by atoms with Crippen LogP contribution in [0.3, 0.4) is 0 Å². The first-order valence-electron chi connectivity index (χ1n) is 18.6. The van der Waals surface area contributed by atoms with E-state index in [-0.39, 0.29) is 38.8 Å².